The Hall–Kier alpha value is -1.97. The van der Waals surface area contributed by atoms with E-state index < -0.39 is 11.6 Å². The molecule has 17 heavy (non-hydrogen) atoms. The van der Waals surface area contributed by atoms with Gasteiger partial charge in [0.05, 0.1) is 0 Å². The van der Waals surface area contributed by atoms with E-state index in [1.807, 2.05) is 0 Å². The third-order valence-electron chi connectivity index (χ3n) is 2.59. The number of halogens is 2. The molecule has 1 heterocycles. The highest BCUT2D eigenvalue weighted by Crippen LogP contribution is 2.12. The van der Waals surface area contributed by atoms with E-state index in [1.165, 1.54) is 4.57 Å². The van der Waals surface area contributed by atoms with Crippen LogP contribution in [0.1, 0.15) is 11.1 Å². The van der Waals surface area contributed by atoms with E-state index in [2.05, 4.69) is 0 Å². The Bertz CT molecular complexity index is 605. The molecule has 0 aliphatic heterocycles. The Balaban J connectivity index is 2.41. The van der Waals surface area contributed by atoms with Gasteiger partial charge in [0.1, 0.15) is 11.6 Å². The number of benzene rings is 1. The van der Waals surface area contributed by atoms with Crippen molar-refractivity contribution in [2.45, 2.75) is 6.42 Å². The average molecular weight is 235 g/mol. The predicted octanol–water partition coefficient (Wildman–Crippen LogP) is 2.25. The summed E-state index contributed by atoms with van der Waals surface area (Å²) in [6.45, 7) is 0. The van der Waals surface area contributed by atoms with E-state index in [9.17, 15) is 13.6 Å². The monoisotopic (exact) mass is 235 g/mol. The first kappa shape index (κ1) is 11.5. The predicted molar refractivity (Wildman–Crippen MR) is 60.8 cm³/mol. The maximum absolute atomic E-state index is 13.4. The third kappa shape index (κ3) is 2.41. The summed E-state index contributed by atoms with van der Waals surface area (Å²) in [5, 5.41) is 0. The lowest BCUT2D eigenvalue weighted by atomic mass is 10.1. The summed E-state index contributed by atoms with van der Waals surface area (Å²) in [5.74, 6) is -1.01. The molecule has 1 aromatic heterocycles. The van der Waals surface area contributed by atoms with E-state index >= 15 is 0 Å². The molecule has 0 saturated heterocycles. The zero-order valence-corrected chi connectivity index (χ0v) is 9.28. The van der Waals surface area contributed by atoms with Crippen LogP contribution in [-0.4, -0.2) is 4.57 Å². The molecule has 1 aromatic carbocycles. The van der Waals surface area contributed by atoms with E-state index in [0.29, 0.717) is 5.56 Å². The lowest BCUT2D eigenvalue weighted by Gasteiger charge is -2.05. The first-order valence-electron chi connectivity index (χ1n) is 5.16. The molecule has 0 unspecified atom stereocenters. The molecule has 0 fully saturated rings. The number of hydrogen-bond acceptors (Lipinski definition) is 1. The van der Waals surface area contributed by atoms with E-state index in [-0.39, 0.29) is 17.5 Å². The molecule has 2 aromatic rings. The van der Waals surface area contributed by atoms with Crippen LogP contribution in [0, 0.1) is 11.6 Å². The van der Waals surface area contributed by atoms with Gasteiger partial charge in [-0.15, -0.1) is 0 Å². The molecule has 88 valence electrons. The van der Waals surface area contributed by atoms with Crippen molar-refractivity contribution < 1.29 is 8.78 Å². The molecule has 2 nitrogen and oxygen atoms in total. The van der Waals surface area contributed by atoms with Gasteiger partial charge in [0, 0.05) is 25.2 Å². The molecular formula is C13H11F2NO. The van der Waals surface area contributed by atoms with Gasteiger partial charge in [0.2, 0.25) is 0 Å². The highest BCUT2D eigenvalue weighted by molar-refractivity contribution is 5.26. The topological polar surface area (TPSA) is 22.0 Å². The Kier molecular flexibility index (Phi) is 3.04. The second-order valence-corrected chi connectivity index (χ2v) is 3.86. The minimum absolute atomic E-state index is 0.0944. The van der Waals surface area contributed by atoms with Crippen LogP contribution in [0.5, 0.6) is 0 Å². The van der Waals surface area contributed by atoms with Crippen molar-refractivity contribution in [1.82, 2.24) is 4.57 Å². The van der Waals surface area contributed by atoms with Crippen molar-refractivity contribution in [3.8, 4) is 0 Å². The molecule has 0 N–H and O–H groups in total. The first-order chi connectivity index (χ1) is 8.08. The SMILES string of the molecule is Cn1cccc(Cc2cc(F)ccc2F)c1=O. The van der Waals surface area contributed by atoms with Gasteiger partial charge in [-0.1, -0.05) is 6.07 Å². The minimum Gasteiger partial charge on any atom is -0.318 e. The van der Waals surface area contributed by atoms with Gasteiger partial charge in [-0.05, 0) is 29.8 Å². The largest absolute Gasteiger partial charge is 0.318 e. The van der Waals surface area contributed by atoms with Crippen LogP contribution < -0.4 is 5.56 Å². The zero-order chi connectivity index (χ0) is 12.4. The molecular weight excluding hydrogens is 224 g/mol. The Morgan fingerprint density at radius 2 is 1.94 bits per heavy atom. The minimum atomic E-state index is -0.505. The van der Waals surface area contributed by atoms with Crippen molar-refractivity contribution in [2.24, 2.45) is 7.05 Å². The van der Waals surface area contributed by atoms with Crippen LogP contribution in [0.4, 0.5) is 8.78 Å². The Morgan fingerprint density at radius 3 is 2.71 bits per heavy atom. The van der Waals surface area contributed by atoms with Gasteiger partial charge >= 0.3 is 0 Å². The number of hydrogen-bond donors (Lipinski definition) is 0. The van der Waals surface area contributed by atoms with Crippen LogP contribution in [0.3, 0.4) is 0 Å². The Labute approximate surface area is 97.1 Å². The number of nitrogens with zero attached hydrogens (tertiary/aromatic N) is 1. The normalized spacial score (nSPS) is 10.5. The summed E-state index contributed by atoms with van der Waals surface area (Å²) in [7, 11) is 1.62. The third-order valence-corrected chi connectivity index (χ3v) is 2.59. The van der Waals surface area contributed by atoms with Gasteiger partial charge in [-0.3, -0.25) is 4.79 Å². The fourth-order valence-corrected chi connectivity index (χ4v) is 1.67. The maximum Gasteiger partial charge on any atom is 0.253 e. The fourth-order valence-electron chi connectivity index (χ4n) is 1.67. The summed E-state index contributed by atoms with van der Waals surface area (Å²) in [4.78, 5) is 11.7. The molecule has 0 aliphatic rings. The van der Waals surface area contributed by atoms with Gasteiger partial charge in [-0.2, -0.15) is 0 Å². The number of aromatic nitrogens is 1. The molecule has 4 heteroatoms. The van der Waals surface area contributed by atoms with Crippen LogP contribution in [0.15, 0.2) is 41.3 Å². The van der Waals surface area contributed by atoms with Gasteiger partial charge < -0.3 is 4.57 Å². The van der Waals surface area contributed by atoms with Crippen LogP contribution in [0.25, 0.3) is 0 Å². The summed E-state index contributed by atoms with van der Waals surface area (Å²) >= 11 is 0. The Morgan fingerprint density at radius 1 is 1.18 bits per heavy atom. The quantitative estimate of drug-likeness (QED) is 0.782. The molecule has 0 aliphatic carbocycles. The molecule has 0 spiro atoms. The van der Waals surface area contributed by atoms with E-state index in [0.717, 1.165) is 18.2 Å². The van der Waals surface area contributed by atoms with Crippen LogP contribution >= 0.6 is 0 Å². The molecule has 2 rings (SSSR count). The first-order valence-corrected chi connectivity index (χ1v) is 5.16. The van der Waals surface area contributed by atoms with E-state index in [1.54, 1.807) is 25.4 Å². The standard InChI is InChI=1S/C13H11F2NO/c1-16-6-2-3-9(13(16)17)7-10-8-11(14)4-5-12(10)15/h2-6,8H,7H2,1H3. The number of aryl methyl sites for hydroxylation is 1. The smallest absolute Gasteiger partial charge is 0.253 e. The summed E-state index contributed by atoms with van der Waals surface area (Å²) in [5.41, 5.74) is 0.434. The van der Waals surface area contributed by atoms with Crippen molar-refractivity contribution in [3.63, 3.8) is 0 Å². The van der Waals surface area contributed by atoms with Crippen molar-refractivity contribution in [2.75, 3.05) is 0 Å². The lowest BCUT2D eigenvalue weighted by Crippen LogP contribution is -2.20. The average Bonchev–Trinajstić information content (AvgIpc) is 2.30. The highest BCUT2D eigenvalue weighted by atomic mass is 19.1. The number of pyridine rings is 1. The van der Waals surface area contributed by atoms with E-state index in [4.69, 9.17) is 0 Å². The summed E-state index contributed by atoms with van der Waals surface area (Å²) in [6.07, 6.45) is 1.71. The second-order valence-electron chi connectivity index (χ2n) is 3.86. The number of rotatable bonds is 2. The molecule has 0 radical (unpaired) electrons. The second kappa shape index (κ2) is 4.49. The van der Waals surface area contributed by atoms with Crippen molar-refractivity contribution >= 4 is 0 Å². The van der Waals surface area contributed by atoms with Crippen molar-refractivity contribution in [1.29, 1.82) is 0 Å². The fraction of sp³-hybridized carbons (Fsp3) is 0.154. The van der Waals surface area contributed by atoms with Crippen molar-refractivity contribution in [3.05, 3.63) is 69.6 Å². The van der Waals surface area contributed by atoms with Gasteiger partial charge in [0.25, 0.3) is 5.56 Å². The molecule has 0 atom stereocenters. The zero-order valence-electron chi connectivity index (χ0n) is 9.28. The van der Waals surface area contributed by atoms with Crippen LogP contribution in [0.2, 0.25) is 0 Å². The van der Waals surface area contributed by atoms with Gasteiger partial charge in [-0.25, -0.2) is 8.78 Å². The summed E-state index contributed by atoms with van der Waals surface area (Å²) in [6, 6.07) is 6.56. The summed E-state index contributed by atoms with van der Waals surface area (Å²) < 4.78 is 27.8. The molecule has 0 amide bonds. The molecule has 0 bridgehead atoms. The van der Waals surface area contributed by atoms with Gasteiger partial charge in [0.15, 0.2) is 0 Å². The maximum atomic E-state index is 13.4. The lowest BCUT2D eigenvalue weighted by molar-refractivity contribution is 0.588. The van der Waals surface area contributed by atoms with Crippen LogP contribution in [-0.2, 0) is 13.5 Å². The molecule has 0 saturated carbocycles. The highest BCUT2D eigenvalue weighted by Gasteiger charge is 2.08.